The third kappa shape index (κ3) is 5.00. The van der Waals surface area contributed by atoms with E-state index in [1.165, 1.54) is 44.2 Å². The van der Waals surface area contributed by atoms with E-state index < -0.39 is 9.85 Å². The quantitative estimate of drug-likeness (QED) is 0.443. The summed E-state index contributed by atoms with van der Waals surface area (Å²) in [4.78, 5) is 20.5. The number of non-ortho nitro benzene ring substituents is 1. The first kappa shape index (κ1) is 17.8. The molecule has 1 saturated carbocycles. The van der Waals surface area contributed by atoms with Gasteiger partial charge in [-0.05, 0) is 31.7 Å². The van der Waals surface area contributed by atoms with E-state index in [0.29, 0.717) is 0 Å². The highest BCUT2D eigenvalue weighted by Gasteiger charge is 2.19. The number of nitro groups is 2. The van der Waals surface area contributed by atoms with Crippen LogP contribution < -0.4 is 5.43 Å². The summed E-state index contributed by atoms with van der Waals surface area (Å²) < 4.78 is 0. The Hall–Kier alpha value is -2.51. The van der Waals surface area contributed by atoms with Crippen LogP contribution >= 0.6 is 0 Å². The van der Waals surface area contributed by atoms with Crippen LogP contribution in [0.2, 0.25) is 0 Å². The predicted octanol–water partition coefficient (Wildman–Crippen LogP) is 4.65. The number of nitrogens with zero attached hydrogens (tertiary/aromatic N) is 3. The Kier molecular flexibility index (Phi) is 6.22. The first-order chi connectivity index (χ1) is 11.5. The molecule has 130 valence electrons. The van der Waals surface area contributed by atoms with E-state index in [9.17, 15) is 20.2 Å². The maximum absolute atomic E-state index is 11.1. The van der Waals surface area contributed by atoms with Gasteiger partial charge in [0.25, 0.3) is 5.69 Å². The van der Waals surface area contributed by atoms with Gasteiger partial charge < -0.3 is 0 Å². The summed E-state index contributed by atoms with van der Waals surface area (Å²) in [7, 11) is 0. The smallest absolute Gasteiger partial charge is 0.272 e. The molecule has 0 aliphatic heterocycles. The van der Waals surface area contributed by atoms with E-state index in [2.05, 4.69) is 10.5 Å². The van der Waals surface area contributed by atoms with E-state index in [0.717, 1.165) is 30.5 Å². The number of nitro benzene ring substituents is 2. The molecule has 0 saturated heterocycles. The zero-order valence-corrected chi connectivity index (χ0v) is 13.7. The molecule has 0 heterocycles. The molecule has 24 heavy (non-hydrogen) atoms. The number of hydrogen-bond acceptors (Lipinski definition) is 6. The van der Waals surface area contributed by atoms with Crippen LogP contribution in [0.1, 0.15) is 51.9 Å². The summed E-state index contributed by atoms with van der Waals surface area (Å²) in [5.74, 6) is 0.748. The average molecular weight is 334 g/mol. The third-order valence-electron chi connectivity index (χ3n) is 4.40. The van der Waals surface area contributed by atoms with Gasteiger partial charge in [-0.3, -0.25) is 25.7 Å². The van der Waals surface area contributed by atoms with E-state index >= 15 is 0 Å². The maximum Gasteiger partial charge on any atom is 0.301 e. The second kappa shape index (κ2) is 8.37. The lowest BCUT2D eigenvalue weighted by molar-refractivity contribution is -0.393. The Bertz CT molecular complexity index is 639. The topological polar surface area (TPSA) is 111 Å². The molecular formula is C16H22N4O4. The third-order valence-corrected chi connectivity index (χ3v) is 4.40. The largest absolute Gasteiger partial charge is 0.301 e. The first-order valence-corrected chi connectivity index (χ1v) is 8.19. The van der Waals surface area contributed by atoms with Crippen LogP contribution in [0.5, 0.6) is 0 Å². The molecule has 1 aliphatic carbocycles. The molecule has 1 fully saturated rings. The second-order valence-corrected chi connectivity index (χ2v) is 6.22. The molecule has 2 rings (SSSR count). The summed E-state index contributed by atoms with van der Waals surface area (Å²) in [5, 5.41) is 26.0. The highest BCUT2D eigenvalue weighted by molar-refractivity contribution is 5.83. The number of benzene rings is 1. The molecule has 0 amide bonds. The number of hydrogen-bond donors (Lipinski definition) is 1. The summed E-state index contributed by atoms with van der Waals surface area (Å²) in [6.45, 7) is 1.88. The van der Waals surface area contributed by atoms with Crippen molar-refractivity contribution in [1.29, 1.82) is 0 Å². The Labute approximate surface area is 140 Å². The van der Waals surface area contributed by atoms with Crippen molar-refractivity contribution in [1.82, 2.24) is 0 Å². The van der Waals surface area contributed by atoms with Crippen molar-refractivity contribution in [3.63, 3.8) is 0 Å². The monoisotopic (exact) mass is 334 g/mol. The minimum atomic E-state index is -0.657. The zero-order valence-electron chi connectivity index (χ0n) is 13.7. The van der Waals surface area contributed by atoms with Crippen molar-refractivity contribution in [3.05, 3.63) is 38.4 Å². The molecule has 1 aliphatic rings. The predicted molar refractivity (Wildman–Crippen MR) is 92.3 cm³/mol. The minimum absolute atomic E-state index is 0.155. The molecule has 0 aromatic heterocycles. The zero-order chi connectivity index (χ0) is 17.5. The van der Waals surface area contributed by atoms with Gasteiger partial charge in [-0.2, -0.15) is 5.10 Å². The molecule has 0 spiro atoms. The fourth-order valence-electron chi connectivity index (χ4n) is 2.98. The van der Waals surface area contributed by atoms with E-state index in [-0.39, 0.29) is 17.1 Å². The van der Waals surface area contributed by atoms with Crippen molar-refractivity contribution in [3.8, 4) is 0 Å². The molecular weight excluding hydrogens is 312 g/mol. The Morgan fingerprint density at radius 2 is 1.92 bits per heavy atom. The molecule has 1 aromatic rings. The van der Waals surface area contributed by atoms with Crippen LogP contribution in [-0.4, -0.2) is 15.6 Å². The fraction of sp³-hybridized carbons (Fsp3) is 0.562. The summed E-state index contributed by atoms with van der Waals surface area (Å²) in [5.41, 5.74) is 3.03. The van der Waals surface area contributed by atoms with Gasteiger partial charge in [0.05, 0.1) is 15.9 Å². The maximum atomic E-state index is 11.1. The normalized spacial score (nSPS) is 16.0. The Morgan fingerprint density at radius 1 is 1.21 bits per heavy atom. The molecule has 0 radical (unpaired) electrons. The van der Waals surface area contributed by atoms with Gasteiger partial charge in [-0.25, -0.2) is 0 Å². The Balaban J connectivity index is 1.98. The summed E-state index contributed by atoms with van der Waals surface area (Å²) in [6.07, 6.45) is 8.40. The number of rotatable bonds is 7. The number of hydrazone groups is 1. The highest BCUT2D eigenvalue weighted by atomic mass is 16.6. The SMILES string of the molecule is CC(CCC1CCCCC1)=NNc1ccc([N+](=O)[O-])cc1[N+](=O)[O-]. The lowest BCUT2D eigenvalue weighted by Crippen LogP contribution is -2.08. The van der Waals surface area contributed by atoms with E-state index in [1.807, 2.05) is 6.92 Å². The number of anilines is 1. The average Bonchev–Trinajstić information content (AvgIpc) is 2.58. The molecule has 1 N–H and O–H groups in total. The van der Waals surface area contributed by atoms with Gasteiger partial charge >= 0.3 is 5.69 Å². The molecule has 0 bridgehead atoms. The molecule has 0 unspecified atom stereocenters. The fourth-order valence-corrected chi connectivity index (χ4v) is 2.98. The van der Waals surface area contributed by atoms with Crippen LogP contribution in [-0.2, 0) is 0 Å². The summed E-state index contributed by atoms with van der Waals surface area (Å²) in [6, 6.07) is 3.48. The van der Waals surface area contributed by atoms with Crippen molar-refractivity contribution in [2.75, 3.05) is 5.43 Å². The van der Waals surface area contributed by atoms with Crippen molar-refractivity contribution in [2.45, 2.75) is 51.9 Å². The minimum Gasteiger partial charge on any atom is -0.272 e. The lowest BCUT2D eigenvalue weighted by atomic mass is 9.86. The second-order valence-electron chi connectivity index (χ2n) is 6.22. The van der Waals surface area contributed by atoms with Gasteiger partial charge in [0, 0.05) is 11.8 Å². The van der Waals surface area contributed by atoms with Crippen LogP contribution in [0, 0.1) is 26.1 Å². The van der Waals surface area contributed by atoms with Crippen molar-refractivity contribution in [2.24, 2.45) is 11.0 Å². The van der Waals surface area contributed by atoms with Gasteiger partial charge in [0.1, 0.15) is 5.69 Å². The van der Waals surface area contributed by atoms with Crippen molar-refractivity contribution < 1.29 is 9.85 Å². The van der Waals surface area contributed by atoms with Crippen LogP contribution in [0.25, 0.3) is 0 Å². The summed E-state index contributed by atoms with van der Waals surface area (Å²) >= 11 is 0. The lowest BCUT2D eigenvalue weighted by Gasteiger charge is -2.21. The van der Waals surface area contributed by atoms with Crippen LogP contribution in [0.3, 0.4) is 0 Å². The molecule has 1 aromatic carbocycles. The van der Waals surface area contributed by atoms with Crippen LogP contribution in [0.4, 0.5) is 17.1 Å². The molecule has 0 atom stereocenters. The Morgan fingerprint density at radius 3 is 2.54 bits per heavy atom. The van der Waals surface area contributed by atoms with Gasteiger partial charge in [-0.1, -0.05) is 32.1 Å². The van der Waals surface area contributed by atoms with Crippen molar-refractivity contribution >= 4 is 22.8 Å². The van der Waals surface area contributed by atoms with E-state index in [4.69, 9.17) is 0 Å². The highest BCUT2D eigenvalue weighted by Crippen LogP contribution is 2.29. The van der Waals surface area contributed by atoms with Gasteiger partial charge in [-0.15, -0.1) is 0 Å². The van der Waals surface area contributed by atoms with Gasteiger partial charge in [0.2, 0.25) is 0 Å². The molecule has 8 heteroatoms. The first-order valence-electron chi connectivity index (χ1n) is 8.19. The number of nitrogens with one attached hydrogen (secondary N) is 1. The van der Waals surface area contributed by atoms with Gasteiger partial charge in [0.15, 0.2) is 0 Å². The standard InChI is InChI=1S/C16H22N4O4/c1-12(7-8-13-5-3-2-4-6-13)17-18-15-10-9-14(19(21)22)11-16(15)20(23)24/h9-11,13,18H,2-8H2,1H3. The molecule has 8 nitrogen and oxygen atoms in total. The van der Waals surface area contributed by atoms with Crippen LogP contribution in [0.15, 0.2) is 23.3 Å². The van der Waals surface area contributed by atoms with E-state index in [1.54, 1.807) is 0 Å².